The second-order valence-electron chi connectivity index (χ2n) is 4.53. The molecule has 2 amide bonds. The fourth-order valence-corrected chi connectivity index (χ4v) is 1.78. The number of rotatable bonds is 4. The largest absolute Gasteiger partial charge is 0.396 e. The zero-order valence-electron chi connectivity index (χ0n) is 11.5. The number of nitrogens with two attached hydrogens (primary N) is 1. The van der Waals surface area contributed by atoms with E-state index in [0.29, 0.717) is 0 Å². The maximum Gasteiger partial charge on any atom is 0.259 e. The Labute approximate surface area is 115 Å². The second-order valence-corrected chi connectivity index (χ2v) is 4.53. The number of nitrogens with one attached hydrogen (secondary N) is 1. The lowest BCUT2D eigenvalue weighted by Crippen LogP contribution is -2.38. The topological polar surface area (TPSA) is 75.4 Å². The van der Waals surface area contributed by atoms with Crippen LogP contribution in [0.25, 0.3) is 0 Å². The first-order chi connectivity index (χ1) is 9.29. The van der Waals surface area contributed by atoms with Crippen LogP contribution in [0, 0.1) is 17.6 Å². The molecule has 110 valence electrons. The summed E-state index contributed by atoms with van der Waals surface area (Å²) < 4.78 is 27.3. The van der Waals surface area contributed by atoms with Gasteiger partial charge in [-0.3, -0.25) is 9.59 Å². The van der Waals surface area contributed by atoms with Crippen LogP contribution in [-0.2, 0) is 4.79 Å². The number of halogens is 2. The highest BCUT2D eigenvalue weighted by Crippen LogP contribution is 2.20. The van der Waals surface area contributed by atoms with Crippen LogP contribution in [0.3, 0.4) is 0 Å². The predicted molar refractivity (Wildman–Crippen MR) is 71.0 cm³/mol. The minimum absolute atomic E-state index is 0.0339. The number of amides is 2. The van der Waals surface area contributed by atoms with Crippen LogP contribution in [0.5, 0.6) is 0 Å². The maximum atomic E-state index is 13.7. The number of hydrogen-bond acceptors (Lipinski definition) is 3. The van der Waals surface area contributed by atoms with Crippen LogP contribution >= 0.6 is 0 Å². The van der Waals surface area contributed by atoms with Crippen molar-refractivity contribution in [2.24, 2.45) is 5.92 Å². The minimum atomic E-state index is -1.09. The SMILES string of the molecule is CNC(=O)C(C)CN(C)C(=O)c1c(F)ccc(N)c1F. The van der Waals surface area contributed by atoms with Gasteiger partial charge in [-0.05, 0) is 12.1 Å². The molecule has 20 heavy (non-hydrogen) atoms. The molecule has 0 aliphatic heterocycles. The molecule has 1 unspecified atom stereocenters. The van der Waals surface area contributed by atoms with Crippen LogP contribution in [0.2, 0.25) is 0 Å². The van der Waals surface area contributed by atoms with Crippen molar-refractivity contribution in [2.45, 2.75) is 6.92 Å². The number of nitrogen functional groups attached to an aromatic ring is 1. The van der Waals surface area contributed by atoms with E-state index in [2.05, 4.69) is 5.32 Å². The molecule has 1 atom stereocenters. The van der Waals surface area contributed by atoms with Gasteiger partial charge in [0.2, 0.25) is 5.91 Å². The molecule has 1 aromatic rings. The number of anilines is 1. The van der Waals surface area contributed by atoms with E-state index in [1.54, 1.807) is 6.92 Å². The predicted octanol–water partition coefficient (Wildman–Crippen LogP) is 1.00. The van der Waals surface area contributed by atoms with Crippen LogP contribution in [-0.4, -0.2) is 37.4 Å². The molecule has 0 saturated carbocycles. The summed E-state index contributed by atoms with van der Waals surface area (Å²) in [7, 11) is 2.84. The van der Waals surface area contributed by atoms with E-state index in [1.807, 2.05) is 0 Å². The number of carbonyl (C=O) groups excluding carboxylic acids is 2. The van der Waals surface area contributed by atoms with Crippen LogP contribution in [0.4, 0.5) is 14.5 Å². The van der Waals surface area contributed by atoms with Gasteiger partial charge in [0, 0.05) is 20.6 Å². The minimum Gasteiger partial charge on any atom is -0.396 e. The zero-order chi connectivity index (χ0) is 15.4. The summed E-state index contributed by atoms with van der Waals surface area (Å²) in [6.07, 6.45) is 0. The molecule has 0 bridgehead atoms. The highest BCUT2D eigenvalue weighted by Gasteiger charge is 2.24. The van der Waals surface area contributed by atoms with E-state index in [0.717, 1.165) is 17.0 Å². The molecule has 0 saturated heterocycles. The van der Waals surface area contributed by atoms with Gasteiger partial charge in [0.1, 0.15) is 11.4 Å². The summed E-state index contributed by atoms with van der Waals surface area (Å²) in [6.45, 7) is 1.64. The lowest BCUT2D eigenvalue weighted by molar-refractivity contribution is -0.124. The molecule has 1 aromatic carbocycles. The van der Waals surface area contributed by atoms with Gasteiger partial charge < -0.3 is 16.0 Å². The number of benzene rings is 1. The molecular weight excluding hydrogens is 268 g/mol. The summed E-state index contributed by atoms with van der Waals surface area (Å²) in [5.74, 6) is -3.70. The van der Waals surface area contributed by atoms with Crippen molar-refractivity contribution >= 4 is 17.5 Å². The first-order valence-electron chi connectivity index (χ1n) is 6.00. The van der Waals surface area contributed by atoms with Crippen molar-refractivity contribution in [2.75, 3.05) is 26.4 Å². The summed E-state index contributed by atoms with van der Waals surface area (Å²) >= 11 is 0. The average Bonchev–Trinajstić information content (AvgIpc) is 2.42. The lowest BCUT2D eigenvalue weighted by Gasteiger charge is -2.21. The van der Waals surface area contributed by atoms with Crippen molar-refractivity contribution in [3.05, 3.63) is 29.3 Å². The van der Waals surface area contributed by atoms with Crippen molar-refractivity contribution in [1.82, 2.24) is 10.2 Å². The normalized spacial score (nSPS) is 11.8. The maximum absolute atomic E-state index is 13.7. The van der Waals surface area contributed by atoms with Crippen molar-refractivity contribution in [3.8, 4) is 0 Å². The van der Waals surface area contributed by atoms with Crippen molar-refractivity contribution in [1.29, 1.82) is 0 Å². The highest BCUT2D eigenvalue weighted by atomic mass is 19.1. The molecule has 0 aliphatic carbocycles. The molecular formula is C13H17F2N3O2. The standard InChI is InChI=1S/C13H17F2N3O2/c1-7(12(19)17-2)6-18(3)13(20)10-8(14)4-5-9(16)11(10)15/h4-5,7H,6,16H2,1-3H3,(H,17,19). The Kier molecular flexibility index (Phi) is 5.01. The Hall–Kier alpha value is -2.18. The highest BCUT2D eigenvalue weighted by molar-refractivity contribution is 5.95. The van der Waals surface area contributed by atoms with Crippen molar-refractivity contribution in [3.63, 3.8) is 0 Å². The molecule has 1 rings (SSSR count). The summed E-state index contributed by atoms with van der Waals surface area (Å²) in [6, 6.07) is 1.98. The summed E-state index contributed by atoms with van der Waals surface area (Å²) in [4.78, 5) is 24.5. The van der Waals surface area contributed by atoms with Gasteiger partial charge in [0.25, 0.3) is 5.91 Å². The smallest absolute Gasteiger partial charge is 0.259 e. The van der Waals surface area contributed by atoms with Gasteiger partial charge in [-0.25, -0.2) is 8.78 Å². The first-order valence-corrected chi connectivity index (χ1v) is 6.00. The fraction of sp³-hybridized carbons (Fsp3) is 0.385. The third kappa shape index (κ3) is 3.23. The van der Waals surface area contributed by atoms with Gasteiger partial charge in [-0.15, -0.1) is 0 Å². The molecule has 0 heterocycles. The molecule has 0 spiro atoms. The van der Waals surface area contributed by atoms with E-state index in [4.69, 9.17) is 5.73 Å². The number of hydrogen-bond donors (Lipinski definition) is 2. The Bertz CT molecular complexity index is 535. The number of carbonyl (C=O) groups is 2. The summed E-state index contributed by atoms with van der Waals surface area (Å²) in [5, 5.41) is 2.44. The van der Waals surface area contributed by atoms with E-state index in [1.165, 1.54) is 14.1 Å². The van der Waals surface area contributed by atoms with Gasteiger partial charge in [0.15, 0.2) is 5.82 Å². The average molecular weight is 285 g/mol. The molecule has 0 fully saturated rings. The van der Waals surface area contributed by atoms with Gasteiger partial charge in [0.05, 0.1) is 11.6 Å². The zero-order valence-corrected chi connectivity index (χ0v) is 11.5. The first kappa shape index (κ1) is 15.9. The van der Waals surface area contributed by atoms with Crippen LogP contribution in [0.15, 0.2) is 12.1 Å². The van der Waals surface area contributed by atoms with Crippen molar-refractivity contribution < 1.29 is 18.4 Å². The second kappa shape index (κ2) is 6.31. The van der Waals surface area contributed by atoms with Gasteiger partial charge in [-0.1, -0.05) is 6.92 Å². The van der Waals surface area contributed by atoms with E-state index in [-0.39, 0.29) is 18.1 Å². The quantitative estimate of drug-likeness (QED) is 0.810. The number of nitrogens with zero attached hydrogens (tertiary/aromatic N) is 1. The Morgan fingerprint density at radius 3 is 2.55 bits per heavy atom. The molecule has 0 aliphatic rings. The van der Waals surface area contributed by atoms with Gasteiger partial charge in [-0.2, -0.15) is 0 Å². The van der Waals surface area contributed by atoms with Crippen LogP contribution < -0.4 is 11.1 Å². The third-order valence-electron chi connectivity index (χ3n) is 2.92. The molecule has 5 nitrogen and oxygen atoms in total. The van der Waals surface area contributed by atoms with E-state index in [9.17, 15) is 18.4 Å². The Morgan fingerprint density at radius 2 is 2.00 bits per heavy atom. The fourth-order valence-electron chi connectivity index (χ4n) is 1.78. The monoisotopic (exact) mass is 285 g/mol. The Balaban J connectivity index is 2.96. The van der Waals surface area contributed by atoms with E-state index >= 15 is 0 Å². The molecule has 3 N–H and O–H groups in total. The van der Waals surface area contributed by atoms with Crippen LogP contribution in [0.1, 0.15) is 17.3 Å². The molecule has 0 radical (unpaired) electrons. The molecule has 7 heteroatoms. The molecule has 0 aromatic heterocycles. The van der Waals surface area contributed by atoms with E-state index < -0.39 is 29.0 Å². The lowest BCUT2D eigenvalue weighted by atomic mass is 10.1. The van der Waals surface area contributed by atoms with Gasteiger partial charge >= 0.3 is 0 Å². The third-order valence-corrected chi connectivity index (χ3v) is 2.92. The Morgan fingerprint density at radius 1 is 1.40 bits per heavy atom. The summed E-state index contributed by atoms with van der Waals surface area (Å²) in [5.41, 5.74) is 4.31.